The molecule has 0 heterocycles. The van der Waals surface area contributed by atoms with Crippen LogP contribution in [0.15, 0.2) is 17.7 Å². The molecule has 1 heteroatoms. The van der Waals surface area contributed by atoms with Crippen LogP contribution < -0.4 is 18.9 Å². The topological polar surface area (TPSA) is 0 Å². The van der Waals surface area contributed by atoms with Gasteiger partial charge in [-0.15, -0.1) is 6.42 Å². The summed E-state index contributed by atoms with van der Waals surface area (Å²) in [6.45, 7) is 4.46. The van der Waals surface area contributed by atoms with Crippen LogP contribution >= 0.6 is 0 Å². The Morgan fingerprint density at radius 2 is 2.40 bits per heavy atom. The van der Waals surface area contributed by atoms with Crippen molar-refractivity contribution in [3.8, 4) is 0 Å². The summed E-state index contributed by atoms with van der Waals surface area (Å²) in [6.07, 6.45) is 9.93. The van der Waals surface area contributed by atoms with Crippen LogP contribution in [0.5, 0.6) is 0 Å². The van der Waals surface area contributed by atoms with Crippen LogP contribution in [0.3, 0.4) is 0 Å². The molecule has 0 saturated heterocycles. The maximum atomic E-state index is 3.31. The summed E-state index contributed by atoms with van der Waals surface area (Å²) in [5, 5.41) is 0. The average Bonchev–Trinajstić information content (AvgIpc) is 2.37. The van der Waals surface area contributed by atoms with Gasteiger partial charge in [0.05, 0.1) is 0 Å². The molecule has 0 spiro atoms. The summed E-state index contributed by atoms with van der Waals surface area (Å²) in [6, 6.07) is 0. The van der Waals surface area contributed by atoms with Gasteiger partial charge >= 0.3 is 18.9 Å². The number of hydrogen-bond acceptors (Lipinski definition) is 0. The van der Waals surface area contributed by atoms with E-state index in [0.717, 1.165) is 6.42 Å². The molecule has 0 aromatic carbocycles. The third-order valence-corrected chi connectivity index (χ3v) is 1.86. The fourth-order valence-electron chi connectivity index (χ4n) is 0.980. The molecule has 0 saturated carbocycles. The molecule has 0 radical (unpaired) electrons. The molecule has 1 rings (SSSR count). The van der Waals surface area contributed by atoms with E-state index in [2.05, 4.69) is 32.1 Å². The normalized spacial score (nSPS) is 18.0. The van der Waals surface area contributed by atoms with Crippen LogP contribution in [-0.4, -0.2) is 0 Å². The number of allylic oxidation sites excluding steroid dienone is 4. The van der Waals surface area contributed by atoms with Crippen molar-refractivity contribution < 1.29 is 18.9 Å². The molecule has 0 N–H and O–H groups in total. The maximum absolute atomic E-state index is 3.31. The second kappa shape index (κ2) is 4.83. The molecule has 1 aliphatic carbocycles. The first-order valence-electron chi connectivity index (χ1n) is 3.62. The molecule has 1 atom stereocenters. The standard InChI is InChI=1S/C9H13.Li/c1-3-8(2)9-6-4-5-7-9;/h4,6,8H,3,5H2,1-2H3;/q-1;+1. The minimum absolute atomic E-state index is 0. The number of rotatable bonds is 2. The second-order valence-corrected chi connectivity index (χ2v) is 2.55. The van der Waals surface area contributed by atoms with Crippen LogP contribution in [0.2, 0.25) is 0 Å². The quantitative estimate of drug-likeness (QED) is 0.354. The Kier molecular flexibility index (Phi) is 4.86. The zero-order valence-corrected chi connectivity index (χ0v) is 7.15. The van der Waals surface area contributed by atoms with Crippen LogP contribution in [0.4, 0.5) is 0 Å². The minimum Gasteiger partial charge on any atom is -0.269 e. The molecule has 0 bridgehead atoms. The third-order valence-electron chi connectivity index (χ3n) is 1.86. The fourth-order valence-corrected chi connectivity index (χ4v) is 0.980. The molecular weight excluding hydrogens is 115 g/mol. The van der Waals surface area contributed by atoms with Crippen LogP contribution in [0, 0.1) is 12.0 Å². The van der Waals surface area contributed by atoms with Crippen molar-refractivity contribution in [3.63, 3.8) is 0 Å². The van der Waals surface area contributed by atoms with Gasteiger partial charge in [-0.05, 0) is 0 Å². The smallest absolute Gasteiger partial charge is 0.269 e. The van der Waals surface area contributed by atoms with E-state index in [-0.39, 0.29) is 18.9 Å². The summed E-state index contributed by atoms with van der Waals surface area (Å²) in [5.74, 6) is 0.712. The molecule has 0 aromatic heterocycles. The first kappa shape index (κ1) is 10.1. The first-order chi connectivity index (χ1) is 4.34. The SMILES string of the molecule is CCC(C)C1=[C-]CC=C1.[Li+]. The van der Waals surface area contributed by atoms with Crippen molar-refractivity contribution in [2.45, 2.75) is 26.7 Å². The Balaban J connectivity index is 0.000000810. The molecule has 1 unspecified atom stereocenters. The minimum atomic E-state index is 0. The van der Waals surface area contributed by atoms with Gasteiger partial charge < -0.3 is 0 Å². The van der Waals surface area contributed by atoms with Crippen LogP contribution in [-0.2, 0) is 0 Å². The molecular formula is C9H13Li. The van der Waals surface area contributed by atoms with Gasteiger partial charge in [-0.25, -0.2) is 11.6 Å². The van der Waals surface area contributed by atoms with Crippen molar-refractivity contribution in [1.82, 2.24) is 0 Å². The molecule has 0 aliphatic heterocycles. The Bertz CT molecular complexity index is 145. The van der Waals surface area contributed by atoms with Gasteiger partial charge in [0.15, 0.2) is 0 Å². The molecule has 1 aliphatic rings. The first-order valence-corrected chi connectivity index (χ1v) is 3.62. The Hall–Kier alpha value is 0.0774. The Morgan fingerprint density at radius 1 is 1.70 bits per heavy atom. The third kappa shape index (κ3) is 2.37. The average molecular weight is 128 g/mol. The van der Waals surface area contributed by atoms with Crippen molar-refractivity contribution in [3.05, 3.63) is 23.8 Å². The second-order valence-electron chi connectivity index (χ2n) is 2.55. The van der Waals surface area contributed by atoms with E-state index in [4.69, 9.17) is 0 Å². The Morgan fingerprint density at radius 3 is 2.80 bits per heavy atom. The zero-order valence-electron chi connectivity index (χ0n) is 7.15. The fraction of sp³-hybridized carbons (Fsp3) is 0.556. The molecule has 10 heavy (non-hydrogen) atoms. The molecule has 0 aromatic rings. The van der Waals surface area contributed by atoms with Crippen LogP contribution in [0.1, 0.15) is 26.7 Å². The van der Waals surface area contributed by atoms with Crippen molar-refractivity contribution >= 4 is 0 Å². The van der Waals surface area contributed by atoms with E-state index in [1.54, 1.807) is 0 Å². The van der Waals surface area contributed by atoms with Gasteiger partial charge in [-0.2, -0.15) is 6.08 Å². The summed E-state index contributed by atoms with van der Waals surface area (Å²) >= 11 is 0. The van der Waals surface area contributed by atoms with Crippen LogP contribution in [0.25, 0.3) is 0 Å². The Labute approximate surface area is 75.6 Å². The molecule has 0 amide bonds. The largest absolute Gasteiger partial charge is 1.00 e. The van der Waals surface area contributed by atoms with E-state index in [0.29, 0.717) is 5.92 Å². The monoisotopic (exact) mass is 128 g/mol. The molecule has 0 fully saturated rings. The maximum Gasteiger partial charge on any atom is 1.00 e. The van der Waals surface area contributed by atoms with Gasteiger partial charge in [0.2, 0.25) is 0 Å². The van der Waals surface area contributed by atoms with E-state index in [9.17, 15) is 0 Å². The van der Waals surface area contributed by atoms with E-state index in [1.807, 2.05) is 0 Å². The zero-order chi connectivity index (χ0) is 6.69. The predicted molar refractivity (Wildman–Crippen MR) is 40.0 cm³/mol. The van der Waals surface area contributed by atoms with E-state index >= 15 is 0 Å². The van der Waals surface area contributed by atoms with Crippen molar-refractivity contribution in [2.24, 2.45) is 5.92 Å². The summed E-state index contributed by atoms with van der Waals surface area (Å²) in [4.78, 5) is 0. The van der Waals surface area contributed by atoms with Crippen molar-refractivity contribution in [1.29, 1.82) is 0 Å². The van der Waals surface area contributed by atoms with Gasteiger partial charge in [0.1, 0.15) is 0 Å². The molecule has 0 nitrogen and oxygen atoms in total. The summed E-state index contributed by atoms with van der Waals surface area (Å²) in [5.41, 5.74) is 1.40. The van der Waals surface area contributed by atoms with Crippen molar-refractivity contribution in [2.75, 3.05) is 0 Å². The van der Waals surface area contributed by atoms with E-state index < -0.39 is 0 Å². The molecule has 50 valence electrons. The van der Waals surface area contributed by atoms with Gasteiger partial charge in [-0.3, -0.25) is 6.08 Å². The summed E-state index contributed by atoms with van der Waals surface area (Å²) < 4.78 is 0. The van der Waals surface area contributed by atoms with Gasteiger partial charge in [-0.1, -0.05) is 26.2 Å². The predicted octanol–water partition coefficient (Wildman–Crippen LogP) is -0.274. The van der Waals surface area contributed by atoms with E-state index in [1.165, 1.54) is 12.0 Å². The van der Waals surface area contributed by atoms with Gasteiger partial charge in [0, 0.05) is 0 Å². The summed E-state index contributed by atoms with van der Waals surface area (Å²) in [7, 11) is 0. The number of hydrogen-bond donors (Lipinski definition) is 0. The van der Waals surface area contributed by atoms with Gasteiger partial charge in [0.25, 0.3) is 0 Å².